The maximum Gasteiger partial charge on any atom is 0.234 e. The van der Waals surface area contributed by atoms with Gasteiger partial charge < -0.3 is 24.3 Å². The van der Waals surface area contributed by atoms with Gasteiger partial charge in [-0.25, -0.2) is 0 Å². The molecule has 0 aliphatic heterocycles. The van der Waals surface area contributed by atoms with Crippen LogP contribution in [0.25, 0.3) is 0 Å². The highest BCUT2D eigenvalue weighted by Gasteiger charge is 2.31. The largest absolute Gasteiger partial charge is 0.497 e. The highest BCUT2D eigenvalue weighted by Crippen LogP contribution is 2.32. The summed E-state index contributed by atoms with van der Waals surface area (Å²) < 4.78 is 21.6. The lowest BCUT2D eigenvalue weighted by atomic mass is 10.1. The number of hydrogen-bond acceptors (Lipinski definition) is 6. The van der Waals surface area contributed by atoms with E-state index in [0.29, 0.717) is 19.1 Å². The molecule has 0 radical (unpaired) electrons. The number of rotatable bonds is 11. The van der Waals surface area contributed by atoms with Crippen molar-refractivity contribution in [2.75, 3.05) is 35.0 Å². The van der Waals surface area contributed by atoms with Gasteiger partial charge in [-0.3, -0.25) is 9.69 Å². The first-order valence-electron chi connectivity index (χ1n) is 10.4. The predicted octanol–water partition coefficient (Wildman–Crippen LogP) is 3.56. The van der Waals surface area contributed by atoms with Gasteiger partial charge in [0.15, 0.2) is 0 Å². The van der Waals surface area contributed by atoms with Gasteiger partial charge in [-0.1, -0.05) is 6.07 Å². The average Bonchev–Trinajstić information content (AvgIpc) is 3.63. The fourth-order valence-electron chi connectivity index (χ4n) is 3.68. The van der Waals surface area contributed by atoms with Gasteiger partial charge in [-0.05, 0) is 44.0 Å². The third kappa shape index (κ3) is 5.82. The molecule has 31 heavy (non-hydrogen) atoms. The maximum atomic E-state index is 12.9. The Hall–Kier alpha value is -2.93. The summed E-state index contributed by atoms with van der Waals surface area (Å²) in [5.41, 5.74) is 1.91. The highest BCUT2D eigenvalue weighted by atomic mass is 16.5. The lowest BCUT2D eigenvalue weighted by Gasteiger charge is -2.24. The zero-order valence-electron chi connectivity index (χ0n) is 18.9. The fraction of sp³-hybridized carbons (Fsp3) is 0.458. The molecular weight excluding hydrogens is 396 g/mol. The van der Waals surface area contributed by atoms with E-state index >= 15 is 0 Å². The van der Waals surface area contributed by atoms with Crippen molar-refractivity contribution in [2.24, 2.45) is 0 Å². The van der Waals surface area contributed by atoms with Gasteiger partial charge >= 0.3 is 0 Å². The molecule has 0 saturated heterocycles. The first-order chi connectivity index (χ1) is 15.0. The van der Waals surface area contributed by atoms with Gasteiger partial charge in [-0.15, -0.1) is 0 Å². The smallest absolute Gasteiger partial charge is 0.234 e. The minimum absolute atomic E-state index is 0.0308. The van der Waals surface area contributed by atoms with Crippen LogP contribution >= 0.6 is 0 Å². The van der Waals surface area contributed by atoms with E-state index in [1.54, 1.807) is 28.4 Å². The SMILES string of the molecule is COc1ccc(CN(CC(=O)NC(C)c2cc(OC)ccc2OC)C2CC2)c(OC)c1. The van der Waals surface area contributed by atoms with Crippen LogP contribution in [0.1, 0.15) is 36.9 Å². The standard InChI is InChI=1S/C24H32N2O5/c1-16(21-12-19(28-2)10-11-22(21)30-4)25-24(27)15-26(18-7-8-18)14-17-6-9-20(29-3)13-23(17)31-5/h6,9-13,16,18H,7-8,14-15H2,1-5H3,(H,25,27). The van der Waals surface area contributed by atoms with Crippen LogP contribution in [0.4, 0.5) is 0 Å². The molecule has 1 unspecified atom stereocenters. The van der Waals surface area contributed by atoms with E-state index in [4.69, 9.17) is 18.9 Å². The van der Waals surface area contributed by atoms with Crippen LogP contribution in [0, 0.1) is 0 Å². The monoisotopic (exact) mass is 428 g/mol. The molecule has 0 bridgehead atoms. The molecule has 7 heteroatoms. The van der Waals surface area contributed by atoms with Gasteiger partial charge in [0.25, 0.3) is 0 Å². The van der Waals surface area contributed by atoms with Crippen LogP contribution in [-0.2, 0) is 11.3 Å². The molecule has 2 aromatic rings. The summed E-state index contributed by atoms with van der Waals surface area (Å²) in [5, 5.41) is 3.10. The van der Waals surface area contributed by atoms with E-state index < -0.39 is 0 Å². The second-order valence-electron chi connectivity index (χ2n) is 7.71. The van der Waals surface area contributed by atoms with Crippen LogP contribution in [0.15, 0.2) is 36.4 Å². The number of methoxy groups -OCH3 is 4. The predicted molar refractivity (Wildman–Crippen MR) is 119 cm³/mol. The Morgan fingerprint density at radius 1 is 0.968 bits per heavy atom. The third-order valence-electron chi connectivity index (χ3n) is 5.56. The molecule has 1 fully saturated rings. The number of benzene rings is 2. The van der Waals surface area contributed by atoms with Gasteiger partial charge in [0, 0.05) is 29.8 Å². The van der Waals surface area contributed by atoms with E-state index in [0.717, 1.165) is 47.0 Å². The van der Waals surface area contributed by atoms with Crippen molar-refractivity contribution in [3.05, 3.63) is 47.5 Å². The fourth-order valence-corrected chi connectivity index (χ4v) is 3.68. The molecule has 7 nitrogen and oxygen atoms in total. The summed E-state index contributed by atoms with van der Waals surface area (Å²) in [6, 6.07) is 11.6. The molecule has 2 aromatic carbocycles. The van der Waals surface area contributed by atoms with Gasteiger partial charge in [0.1, 0.15) is 23.0 Å². The number of carbonyl (C=O) groups excluding carboxylic acids is 1. The zero-order chi connectivity index (χ0) is 22.4. The van der Waals surface area contributed by atoms with Crippen molar-refractivity contribution >= 4 is 5.91 Å². The van der Waals surface area contributed by atoms with Crippen LogP contribution in [0.5, 0.6) is 23.0 Å². The number of hydrogen-bond donors (Lipinski definition) is 1. The molecule has 0 aromatic heterocycles. The topological polar surface area (TPSA) is 69.3 Å². The van der Waals surface area contributed by atoms with Crippen molar-refractivity contribution < 1.29 is 23.7 Å². The van der Waals surface area contributed by atoms with E-state index in [2.05, 4.69) is 10.2 Å². The van der Waals surface area contributed by atoms with Crippen LogP contribution in [0.2, 0.25) is 0 Å². The average molecular weight is 429 g/mol. The van der Waals surface area contributed by atoms with E-state index in [1.165, 1.54) is 0 Å². The molecule has 3 rings (SSSR count). The Morgan fingerprint density at radius 2 is 1.61 bits per heavy atom. The van der Waals surface area contributed by atoms with Crippen molar-refractivity contribution in [2.45, 2.75) is 38.4 Å². The lowest BCUT2D eigenvalue weighted by Crippen LogP contribution is -2.39. The Balaban J connectivity index is 1.68. The van der Waals surface area contributed by atoms with Gasteiger partial charge in [-0.2, -0.15) is 0 Å². The zero-order valence-corrected chi connectivity index (χ0v) is 18.9. The van der Waals surface area contributed by atoms with Crippen molar-refractivity contribution in [1.29, 1.82) is 0 Å². The molecule has 1 atom stereocenters. The molecule has 1 N–H and O–H groups in total. The summed E-state index contributed by atoms with van der Waals surface area (Å²) in [6.07, 6.45) is 2.20. The number of carbonyl (C=O) groups is 1. The lowest BCUT2D eigenvalue weighted by molar-refractivity contribution is -0.123. The molecule has 1 saturated carbocycles. The first kappa shape index (κ1) is 22.7. The summed E-state index contributed by atoms with van der Waals surface area (Å²) in [7, 11) is 6.52. The second-order valence-corrected chi connectivity index (χ2v) is 7.71. The van der Waals surface area contributed by atoms with E-state index in [9.17, 15) is 4.79 Å². The van der Waals surface area contributed by atoms with Crippen molar-refractivity contribution in [3.8, 4) is 23.0 Å². The molecule has 1 aliphatic carbocycles. The number of amides is 1. The quantitative estimate of drug-likeness (QED) is 0.590. The summed E-state index contributed by atoms with van der Waals surface area (Å²) in [4.78, 5) is 15.1. The van der Waals surface area contributed by atoms with Crippen LogP contribution in [0.3, 0.4) is 0 Å². The van der Waals surface area contributed by atoms with Crippen molar-refractivity contribution in [3.63, 3.8) is 0 Å². The number of ether oxygens (including phenoxy) is 4. The molecule has 0 heterocycles. The van der Waals surface area contributed by atoms with Crippen LogP contribution < -0.4 is 24.3 Å². The highest BCUT2D eigenvalue weighted by molar-refractivity contribution is 5.78. The minimum Gasteiger partial charge on any atom is -0.497 e. The maximum absolute atomic E-state index is 12.9. The van der Waals surface area contributed by atoms with E-state index in [-0.39, 0.29) is 11.9 Å². The Labute approximate surface area is 184 Å². The Kier molecular flexibility index (Phi) is 7.63. The third-order valence-corrected chi connectivity index (χ3v) is 5.56. The molecule has 1 aliphatic rings. The minimum atomic E-state index is -0.214. The van der Waals surface area contributed by atoms with Gasteiger partial charge in [0.2, 0.25) is 5.91 Å². The summed E-state index contributed by atoms with van der Waals surface area (Å²) in [5.74, 6) is 2.92. The van der Waals surface area contributed by atoms with Gasteiger partial charge in [0.05, 0.1) is 41.0 Å². The normalized spacial score (nSPS) is 14.1. The Bertz CT molecular complexity index is 898. The second kappa shape index (κ2) is 10.4. The first-order valence-corrected chi connectivity index (χ1v) is 10.4. The van der Waals surface area contributed by atoms with E-state index in [1.807, 2.05) is 43.3 Å². The molecule has 1 amide bonds. The Morgan fingerprint density at radius 3 is 2.23 bits per heavy atom. The number of nitrogens with zero attached hydrogens (tertiary/aromatic N) is 1. The molecule has 0 spiro atoms. The summed E-state index contributed by atoms with van der Waals surface area (Å²) >= 11 is 0. The number of nitrogens with one attached hydrogen (secondary N) is 1. The van der Waals surface area contributed by atoms with Crippen molar-refractivity contribution in [1.82, 2.24) is 10.2 Å². The summed E-state index contributed by atoms with van der Waals surface area (Å²) in [6.45, 7) is 2.90. The van der Waals surface area contributed by atoms with Crippen LogP contribution in [-0.4, -0.2) is 51.8 Å². The molecule has 168 valence electrons. The molecular formula is C24H32N2O5.